The Kier molecular flexibility index (Phi) is 6.42. The van der Waals surface area contributed by atoms with Crippen LogP contribution < -0.4 is 9.47 Å². The molecule has 2 aromatic rings. The van der Waals surface area contributed by atoms with E-state index >= 15 is 0 Å². The van der Waals surface area contributed by atoms with E-state index in [-0.39, 0.29) is 43.0 Å². The van der Waals surface area contributed by atoms with Gasteiger partial charge in [-0.15, -0.1) is 0 Å². The second kappa shape index (κ2) is 9.54. The van der Waals surface area contributed by atoms with Gasteiger partial charge in [-0.05, 0) is 74.1 Å². The number of cyclic esters (lactones) is 1. The Morgan fingerprint density at radius 3 is 2.36 bits per heavy atom. The third-order valence-corrected chi connectivity index (χ3v) is 6.80. The van der Waals surface area contributed by atoms with Gasteiger partial charge in [0.25, 0.3) is 0 Å². The highest BCUT2D eigenvalue weighted by atomic mass is 35.5. The molecule has 1 amide bonds. The Hall–Kier alpha value is -3.46. The average Bonchev–Trinajstić information content (AvgIpc) is 3.44. The minimum absolute atomic E-state index is 0.0450. The molecule has 190 valence electrons. The van der Waals surface area contributed by atoms with Crippen molar-refractivity contribution in [3.05, 3.63) is 58.1 Å². The highest BCUT2D eigenvalue weighted by molar-refractivity contribution is 6.30. The summed E-state index contributed by atoms with van der Waals surface area (Å²) in [6.45, 7) is 3.77. The molecular weight excluding hydrogens is 490 g/mol. The quantitative estimate of drug-likeness (QED) is 0.323. The number of carbonyl (C=O) groups excluding carboxylic acids is 3. The van der Waals surface area contributed by atoms with Crippen molar-refractivity contribution in [2.24, 2.45) is 0 Å². The van der Waals surface area contributed by atoms with Crippen LogP contribution in [0.15, 0.2) is 36.4 Å². The normalized spacial score (nSPS) is 21.5. The predicted molar refractivity (Wildman–Crippen MR) is 127 cm³/mol. The zero-order valence-corrected chi connectivity index (χ0v) is 20.7. The molecule has 1 aliphatic carbocycles. The van der Waals surface area contributed by atoms with E-state index in [1.54, 1.807) is 43.0 Å². The van der Waals surface area contributed by atoms with Gasteiger partial charge < -0.3 is 28.6 Å². The largest absolute Gasteiger partial charge is 0.460 e. The number of nitrogens with zero attached hydrogens (tertiary/aromatic N) is 1. The molecule has 0 spiro atoms. The first kappa shape index (κ1) is 24.2. The lowest BCUT2D eigenvalue weighted by Gasteiger charge is -2.30. The number of hydrogen-bond acceptors (Lipinski definition) is 8. The second-order valence-electron chi connectivity index (χ2n) is 8.81. The number of rotatable bonds is 6. The van der Waals surface area contributed by atoms with Gasteiger partial charge in [-0.2, -0.15) is 0 Å². The van der Waals surface area contributed by atoms with Gasteiger partial charge in [-0.25, -0.2) is 14.4 Å². The van der Waals surface area contributed by atoms with E-state index in [0.29, 0.717) is 24.4 Å². The van der Waals surface area contributed by atoms with Crippen molar-refractivity contribution in [2.75, 3.05) is 19.8 Å². The molecule has 2 heterocycles. The van der Waals surface area contributed by atoms with Crippen LogP contribution in [0.25, 0.3) is 0 Å². The molecule has 9 nitrogen and oxygen atoms in total. The van der Waals surface area contributed by atoms with Gasteiger partial charge in [0.15, 0.2) is 11.5 Å². The molecule has 0 radical (unpaired) electrons. The summed E-state index contributed by atoms with van der Waals surface area (Å²) in [5.74, 6) is -3.75. The highest BCUT2D eigenvalue weighted by Gasteiger charge is 2.60. The molecular formula is C26H26ClNO8. The zero-order valence-electron chi connectivity index (χ0n) is 20.0. The van der Waals surface area contributed by atoms with Crippen molar-refractivity contribution in [1.29, 1.82) is 0 Å². The van der Waals surface area contributed by atoms with E-state index < -0.39 is 17.7 Å². The number of esters is 2. The Labute approximate surface area is 213 Å². The van der Waals surface area contributed by atoms with Crippen molar-refractivity contribution in [2.45, 2.75) is 51.0 Å². The van der Waals surface area contributed by atoms with E-state index in [2.05, 4.69) is 0 Å². The molecule has 36 heavy (non-hydrogen) atoms. The fourth-order valence-electron chi connectivity index (χ4n) is 4.86. The van der Waals surface area contributed by atoms with Gasteiger partial charge >= 0.3 is 23.8 Å². The summed E-state index contributed by atoms with van der Waals surface area (Å²) >= 11 is 6.11. The molecule has 1 unspecified atom stereocenters. The van der Waals surface area contributed by atoms with E-state index in [1.165, 1.54) is 0 Å². The first-order valence-corrected chi connectivity index (χ1v) is 12.3. The zero-order chi connectivity index (χ0) is 25.4. The second-order valence-corrected chi connectivity index (χ2v) is 9.24. The van der Waals surface area contributed by atoms with Crippen LogP contribution >= 0.6 is 11.6 Å². The van der Waals surface area contributed by atoms with Gasteiger partial charge in [-0.1, -0.05) is 23.7 Å². The van der Waals surface area contributed by atoms with Crippen LogP contribution in [0.3, 0.4) is 0 Å². The Morgan fingerprint density at radius 1 is 1.06 bits per heavy atom. The van der Waals surface area contributed by atoms with Crippen LogP contribution in [0.5, 0.6) is 11.5 Å². The van der Waals surface area contributed by atoms with E-state index in [9.17, 15) is 14.4 Å². The lowest BCUT2D eigenvalue weighted by molar-refractivity contribution is -0.202. The SMILES string of the molecule is CCOC(=O)C1(C(=O)OCC)Oc2cc3c(cc2O1)CC(N1C[C@H](c2cccc(Cl)c2)OC1=O)CC3. The van der Waals surface area contributed by atoms with Crippen LogP contribution in [-0.2, 0) is 36.6 Å². The number of amides is 1. The molecule has 3 aliphatic rings. The fraction of sp³-hybridized carbons (Fsp3) is 0.423. The number of benzene rings is 2. The molecule has 2 atom stereocenters. The average molecular weight is 516 g/mol. The molecule has 0 N–H and O–H groups in total. The summed E-state index contributed by atoms with van der Waals surface area (Å²) < 4.78 is 27.2. The van der Waals surface area contributed by atoms with Crippen molar-refractivity contribution >= 4 is 29.6 Å². The summed E-state index contributed by atoms with van der Waals surface area (Å²) in [6, 6.07) is 10.8. The molecule has 0 bridgehead atoms. The maximum atomic E-state index is 12.7. The molecule has 0 saturated carbocycles. The topological polar surface area (TPSA) is 101 Å². The first-order chi connectivity index (χ1) is 17.3. The molecule has 10 heteroatoms. The van der Waals surface area contributed by atoms with Crippen LogP contribution in [0.2, 0.25) is 5.02 Å². The minimum Gasteiger partial charge on any atom is -0.460 e. The maximum Gasteiger partial charge on any atom is 0.453 e. The highest BCUT2D eigenvalue weighted by Crippen LogP contribution is 2.44. The van der Waals surface area contributed by atoms with Gasteiger partial charge in [0.2, 0.25) is 0 Å². The van der Waals surface area contributed by atoms with Gasteiger partial charge in [-0.3, -0.25) is 0 Å². The van der Waals surface area contributed by atoms with Crippen molar-refractivity contribution < 1.29 is 38.1 Å². The Morgan fingerprint density at radius 2 is 1.72 bits per heavy atom. The summed E-state index contributed by atoms with van der Waals surface area (Å²) in [5.41, 5.74) is 2.79. The maximum absolute atomic E-state index is 12.7. The van der Waals surface area contributed by atoms with Crippen molar-refractivity contribution in [3.63, 3.8) is 0 Å². The molecule has 1 saturated heterocycles. The Balaban J connectivity index is 1.35. The van der Waals surface area contributed by atoms with Crippen molar-refractivity contribution in [1.82, 2.24) is 4.90 Å². The van der Waals surface area contributed by atoms with Crippen LogP contribution in [0, 0.1) is 0 Å². The molecule has 1 fully saturated rings. The summed E-state index contributed by atoms with van der Waals surface area (Å²) in [7, 11) is 0. The van der Waals surface area contributed by atoms with Crippen LogP contribution in [-0.4, -0.2) is 54.5 Å². The van der Waals surface area contributed by atoms with Crippen molar-refractivity contribution in [3.8, 4) is 11.5 Å². The van der Waals surface area contributed by atoms with Gasteiger partial charge in [0.1, 0.15) is 6.10 Å². The van der Waals surface area contributed by atoms with E-state index in [0.717, 1.165) is 23.1 Å². The number of carbonyl (C=O) groups is 3. The third kappa shape index (κ3) is 4.21. The summed E-state index contributed by atoms with van der Waals surface area (Å²) in [5, 5.41) is 0.589. The number of fused-ring (bicyclic) bond motifs is 2. The number of hydrogen-bond donors (Lipinski definition) is 0. The lowest BCUT2D eigenvalue weighted by Crippen LogP contribution is -2.55. The standard InChI is InChI=1S/C26H26ClNO8/c1-3-32-23(29)26(24(30)33-4-2)35-20-12-15-8-9-19(11-17(15)13-21(20)36-26)28-14-22(34-25(28)31)16-6-5-7-18(27)10-16/h5-7,10,12-13,19,22H,3-4,8-9,11,14H2,1-2H3/t19?,22-/m1/s1. The van der Waals surface area contributed by atoms with Crippen LogP contribution in [0.4, 0.5) is 4.79 Å². The summed E-state index contributed by atoms with van der Waals surface area (Å²) in [4.78, 5) is 39.8. The van der Waals surface area contributed by atoms with Crippen LogP contribution in [0.1, 0.15) is 43.1 Å². The third-order valence-electron chi connectivity index (χ3n) is 6.57. The smallest absolute Gasteiger partial charge is 0.453 e. The number of aryl methyl sites for hydroxylation is 1. The van der Waals surface area contributed by atoms with Gasteiger partial charge in [0.05, 0.1) is 19.8 Å². The van der Waals surface area contributed by atoms with Gasteiger partial charge in [0, 0.05) is 11.1 Å². The fourth-order valence-corrected chi connectivity index (χ4v) is 5.06. The van der Waals surface area contributed by atoms with E-state index in [4.69, 9.17) is 35.3 Å². The summed E-state index contributed by atoms with van der Waals surface area (Å²) in [6.07, 6.45) is 1.22. The predicted octanol–water partition coefficient (Wildman–Crippen LogP) is 3.98. The first-order valence-electron chi connectivity index (χ1n) is 12.0. The molecule has 0 aromatic heterocycles. The molecule has 2 aliphatic heterocycles. The number of halogens is 1. The minimum atomic E-state index is -2.33. The monoisotopic (exact) mass is 515 g/mol. The Bertz CT molecular complexity index is 1200. The lowest BCUT2D eigenvalue weighted by atomic mass is 9.87. The number of ether oxygens (including phenoxy) is 5. The van der Waals surface area contributed by atoms with E-state index in [1.807, 2.05) is 12.1 Å². The molecule has 5 rings (SSSR count). The molecule has 2 aromatic carbocycles.